The Balaban J connectivity index is 1.65. The molecule has 5 heteroatoms. The molecule has 1 atom stereocenters. The number of nitrogens with zero attached hydrogens (tertiary/aromatic N) is 2. The smallest absolute Gasteiger partial charge is 0.165 e. The number of unbranched alkanes of at least 4 members (excludes halogenated alkanes) is 1. The van der Waals surface area contributed by atoms with E-state index in [1.165, 1.54) is 12.1 Å². The van der Waals surface area contributed by atoms with Crippen molar-refractivity contribution in [2.45, 2.75) is 32.3 Å². The summed E-state index contributed by atoms with van der Waals surface area (Å²) in [5.74, 6) is -0.337. The van der Waals surface area contributed by atoms with Crippen LogP contribution in [0.15, 0.2) is 60.9 Å². The van der Waals surface area contributed by atoms with Gasteiger partial charge in [-0.3, -0.25) is 0 Å². The van der Waals surface area contributed by atoms with Gasteiger partial charge in [0.05, 0.1) is 6.10 Å². The van der Waals surface area contributed by atoms with E-state index < -0.39 is 5.82 Å². The number of allylic oxidation sites excluding steroid dienone is 1. The quantitative estimate of drug-likeness (QED) is 0.553. The number of phenolic OH excluding ortho intramolecular Hbond substituents is 1. The third kappa shape index (κ3) is 5.24. The van der Waals surface area contributed by atoms with Gasteiger partial charge >= 0.3 is 0 Å². The lowest BCUT2D eigenvalue weighted by molar-refractivity contribution is 0.182. The molecule has 2 N–H and O–H groups in total. The molecule has 0 aliphatic carbocycles. The van der Waals surface area contributed by atoms with Crippen LogP contribution in [0.5, 0.6) is 5.75 Å². The number of hydrogen-bond acceptors (Lipinski definition) is 4. The lowest BCUT2D eigenvalue weighted by Crippen LogP contribution is -1.97. The van der Waals surface area contributed by atoms with E-state index in [1.54, 1.807) is 25.4 Å². The predicted octanol–water partition coefficient (Wildman–Crippen LogP) is 5.22. The zero-order valence-electron chi connectivity index (χ0n) is 15.7. The standard InChI is InChI=1S/C23H23FN2O2/c1-16(27)5-3-2-4-6-23-25-14-20(15-26-23)18-9-7-17(8-10-18)19-11-12-22(28)21(24)13-19/h4,6-16,27-28H,2-3,5H2,1H3. The van der Waals surface area contributed by atoms with Gasteiger partial charge in [-0.05, 0) is 61.1 Å². The van der Waals surface area contributed by atoms with Gasteiger partial charge in [0.2, 0.25) is 0 Å². The highest BCUT2D eigenvalue weighted by Crippen LogP contribution is 2.27. The van der Waals surface area contributed by atoms with E-state index in [1.807, 2.05) is 36.4 Å². The molecule has 1 unspecified atom stereocenters. The van der Waals surface area contributed by atoms with Crippen LogP contribution >= 0.6 is 0 Å². The highest BCUT2D eigenvalue weighted by Gasteiger charge is 2.05. The molecule has 1 aromatic heterocycles. The Labute approximate surface area is 164 Å². The van der Waals surface area contributed by atoms with Crippen molar-refractivity contribution in [2.24, 2.45) is 0 Å². The first kappa shape index (κ1) is 19.7. The number of benzene rings is 2. The van der Waals surface area contributed by atoms with Crippen LogP contribution < -0.4 is 0 Å². The van der Waals surface area contributed by atoms with Crippen molar-refractivity contribution >= 4 is 6.08 Å². The van der Waals surface area contributed by atoms with E-state index in [9.17, 15) is 14.6 Å². The van der Waals surface area contributed by atoms with Gasteiger partial charge in [-0.1, -0.05) is 36.4 Å². The molecule has 0 amide bonds. The second kappa shape index (κ2) is 9.24. The van der Waals surface area contributed by atoms with Crippen molar-refractivity contribution in [3.63, 3.8) is 0 Å². The van der Waals surface area contributed by atoms with Crippen LogP contribution in [-0.4, -0.2) is 26.3 Å². The van der Waals surface area contributed by atoms with Crippen molar-refractivity contribution in [2.75, 3.05) is 0 Å². The minimum atomic E-state index is -0.635. The predicted molar refractivity (Wildman–Crippen MR) is 109 cm³/mol. The first-order valence-corrected chi connectivity index (χ1v) is 9.29. The number of aromatic nitrogens is 2. The molecule has 0 saturated heterocycles. The molecule has 28 heavy (non-hydrogen) atoms. The number of aliphatic hydroxyl groups excluding tert-OH is 1. The van der Waals surface area contributed by atoms with E-state index >= 15 is 0 Å². The summed E-state index contributed by atoms with van der Waals surface area (Å²) in [6.45, 7) is 1.79. The third-order valence-electron chi connectivity index (χ3n) is 4.43. The molecular weight excluding hydrogens is 355 g/mol. The third-order valence-corrected chi connectivity index (χ3v) is 4.43. The van der Waals surface area contributed by atoms with Gasteiger partial charge < -0.3 is 10.2 Å². The molecule has 4 nitrogen and oxygen atoms in total. The summed E-state index contributed by atoms with van der Waals surface area (Å²) in [4.78, 5) is 8.73. The van der Waals surface area contributed by atoms with E-state index in [4.69, 9.17) is 0 Å². The fourth-order valence-electron chi connectivity index (χ4n) is 2.83. The van der Waals surface area contributed by atoms with Crippen LogP contribution in [-0.2, 0) is 0 Å². The average Bonchev–Trinajstić information content (AvgIpc) is 2.70. The molecule has 0 spiro atoms. The maximum Gasteiger partial charge on any atom is 0.165 e. The van der Waals surface area contributed by atoms with Crippen molar-refractivity contribution in [1.29, 1.82) is 0 Å². The zero-order valence-corrected chi connectivity index (χ0v) is 15.7. The van der Waals surface area contributed by atoms with Crippen LogP contribution in [0.3, 0.4) is 0 Å². The van der Waals surface area contributed by atoms with Crippen LogP contribution in [0.25, 0.3) is 28.3 Å². The second-order valence-corrected chi connectivity index (χ2v) is 6.76. The fraction of sp³-hybridized carbons (Fsp3) is 0.217. The number of aliphatic hydroxyl groups is 1. The summed E-state index contributed by atoms with van der Waals surface area (Å²) in [5, 5.41) is 18.5. The molecule has 0 fully saturated rings. The highest BCUT2D eigenvalue weighted by atomic mass is 19.1. The van der Waals surface area contributed by atoms with E-state index in [0.29, 0.717) is 11.4 Å². The summed E-state index contributed by atoms with van der Waals surface area (Å²) in [5.41, 5.74) is 3.43. The second-order valence-electron chi connectivity index (χ2n) is 6.76. The maximum absolute atomic E-state index is 13.5. The van der Waals surface area contributed by atoms with Crippen LogP contribution in [0.2, 0.25) is 0 Å². The van der Waals surface area contributed by atoms with Gasteiger partial charge in [-0.15, -0.1) is 0 Å². The van der Waals surface area contributed by atoms with Gasteiger partial charge in [-0.25, -0.2) is 14.4 Å². The Bertz CT molecular complexity index is 936. The summed E-state index contributed by atoms with van der Waals surface area (Å²) in [6.07, 6.45) is 9.80. The summed E-state index contributed by atoms with van der Waals surface area (Å²) in [6, 6.07) is 12.0. The number of hydrogen-bond donors (Lipinski definition) is 2. The molecule has 3 rings (SSSR count). The SMILES string of the molecule is CC(O)CCCC=Cc1ncc(-c2ccc(-c3ccc(O)c(F)c3)cc2)cn1. The molecule has 0 aliphatic heterocycles. The van der Waals surface area contributed by atoms with Gasteiger partial charge in [0.1, 0.15) is 0 Å². The number of halogens is 1. The summed E-state index contributed by atoms with van der Waals surface area (Å²) < 4.78 is 13.5. The molecule has 0 bridgehead atoms. The maximum atomic E-state index is 13.5. The van der Waals surface area contributed by atoms with E-state index in [0.717, 1.165) is 36.0 Å². The van der Waals surface area contributed by atoms with Crippen LogP contribution in [0.4, 0.5) is 4.39 Å². The first-order valence-electron chi connectivity index (χ1n) is 9.29. The van der Waals surface area contributed by atoms with Gasteiger partial charge in [0.15, 0.2) is 17.4 Å². The molecular formula is C23H23FN2O2. The fourth-order valence-corrected chi connectivity index (χ4v) is 2.83. The number of aromatic hydroxyl groups is 1. The molecule has 0 saturated carbocycles. The summed E-state index contributed by atoms with van der Waals surface area (Å²) in [7, 11) is 0. The Hall–Kier alpha value is -3.05. The Kier molecular flexibility index (Phi) is 6.50. The lowest BCUT2D eigenvalue weighted by Gasteiger charge is -2.06. The Morgan fingerprint density at radius 2 is 1.57 bits per heavy atom. The molecule has 2 aromatic carbocycles. The molecule has 144 valence electrons. The van der Waals surface area contributed by atoms with Gasteiger partial charge in [0, 0.05) is 18.0 Å². The summed E-state index contributed by atoms with van der Waals surface area (Å²) >= 11 is 0. The minimum absolute atomic E-state index is 0.261. The monoisotopic (exact) mass is 378 g/mol. The molecule has 1 heterocycles. The van der Waals surface area contributed by atoms with Gasteiger partial charge in [0.25, 0.3) is 0 Å². The minimum Gasteiger partial charge on any atom is -0.505 e. The number of rotatable bonds is 7. The van der Waals surface area contributed by atoms with Gasteiger partial charge in [-0.2, -0.15) is 0 Å². The van der Waals surface area contributed by atoms with Crippen molar-refractivity contribution in [3.05, 3.63) is 72.6 Å². The van der Waals surface area contributed by atoms with E-state index in [-0.39, 0.29) is 11.9 Å². The lowest BCUT2D eigenvalue weighted by atomic mass is 10.0. The van der Waals surface area contributed by atoms with E-state index in [2.05, 4.69) is 9.97 Å². The van der Waals surface area contributed by atoms with Crippen molar-refractivity contribution < 1.29 is 14.6 Å². The van der Waals surface area contributed by atoms with Crippen LogP contribution in [0, 0.1) is 5.82 Å². The average molecular weight is 378 g/mol. The van der Waals surface area contributed by atoms with Crippen molar-refractivity contribution in [3.8, 4) is 28.0 Å². The van der Waals surface area contributed by atoms with Crippen molar-refractivity contribution in [1.82, 2.24) is 9.97 Å². The topological polar surface area (TPSA) is 66.2 Å². The first-order chi connectivity index (χ1) is 13.5. The number of phenols is 1. The molecule has 0 radical (unpaired) electrons. The zero-order chi connectivity index (χ0) is 19.9. The Morgan fingerprint density at radius 1 is 0.964 bits per heavy atom. The Morgan fingerprint density at radius 3 is 2.18 bits per heavy atom. The highest BCUT2D eigenvalue weighted by molar-refractivity contribution is 5.70. The molecule has 3 aromatic rings. The largest absolute Gasteiger partial charge is 0.505 e. The normalized spacial score (nSPS) is 12.4. The molecule has 0 aliphatic rings. The van der Waals surface area contributed by atoms with Crippen LogP contribution in [0.1, 0.15) is 32.0 Å².